The van der Waals surface area contributed by atoms with Crippen LogP contribution in [0.25, 0.3) is 0 Å². The number of carbonyl (C=O) groups is 1. The third-order valence-electron chi connectivity index (χ3n) is 3.67. The highest BCUT2D eigenvalue weighted by atomic mass is 32.2. The topological polar surface area (TPSA) is 105 Å². The largest absolute Gasteiger partial charge is 0.379 e. The molecule has 0 atom stereocenters. The smallest absolute Gasteiger partial charge is 0.233 e. The number of hydrogen-bond donors (Lipinski definition) is 1. The van der Waals surface area contributed by atoms with Crippen molar-refractivity contribution in [3.63, 3.8) is 0 Å². The van der Waals surface area contributed by atoms with E-state index in [4.69, 9.17) is 9.26 Å². The summed E-state index contributed by atoms with van der Waals surface area (Å²) in [5, 5.41) is 6.51. The van der Waals surface area contributed by atoms with Crippen molar-refractivity contribution >= 4 is 21.7 Å². The van der Waals surface area contributed by atoms with Gasteiger partial charge < -0.3 is 14.6 Å². The lowest BCUT2D eigenvalue weighted by Gasteiger charge is -2.26. The van der Waals surface area contributed by atoms with Gasteiger partial charge in [0.2, 0.25) is 15.9 Å². The number of sulfonamides is 1. The first kappa shape index (κ1) is 18.7. The van der Waals surface area contributed by atoms with Gasteiger partial charge in [-0.05, 0) is 6.92 Å². The molecule has 1 amide bonds. The number of nitrogens with one attached hydrogen (secondary N) is 1. The predicted molar refractivity (Wildman–Crippen MR) is 88.3 cm³/mol. The third-order valence-corrected chi connectivity index (χ3v) is 4.84. The summed E-state index contributed by atoms with van der Waals surface area (Å²) < 4.78 is 35.0. The van der Waals surface area contributed by atoms with Crippen molar-refractivity contribution in [2.75, 3.05) is 56.5 Å². The van der Waals surface area contributed by atoms with Gasteiger partial charge in [0, 0.05) is 45.2 Å². The Balaban J connectivity index is 1.77. The lowest BCUT2D eigenvalue weighted by atomic mass is 10.3. The first-order valence-electron chi connectivity index (χ1n) is 7.84. The molecular weight excluding hydrogens is 336 g/mol. The minimum atomic E-state index is -3.53. The monoisotopic (exact) mass is 360 g/mol. The Labute approximate surface area is 142 Å². The van der Waals surface area contributed by atoms with Crippen LogP contribution >= 0.6 is 0 Å². The van der Waals surface area contributed by atoms with Gasteiger partial charge in [-0.25, -0.2) is 8.42 Å². The van der Waals surface area contributed by atoms with Crippen LogP contribution in [0.2, 0.25) is 0 Å². The van der Waals surface area contributed by atoms with E-state index >= 15 is 0 Å². The van der Waals surface area contributed by atoms with Gasteiger partial charge in [0.25, 0.3) is 0 Å². The fraction of sp³-hybridized carbons (Fsp3) is 0.714. The summed E-state index contributed by atoms with van der Waals surface area (Å²) in [4.78, 5) is 14.1. The Hall–Kier alpha value is -1.65. The molecule has 9 nitrogen and oxygen atoms in total. The molecule has 1 aliphatic heterocycles. The zero-order valence-electron chi connectivity index (χ0n) is 14.0. The van der Waals surface area contributed by atoms with Crippen LogP contribution in [0.3, 0.4) is 0 Å². The molecule has 0 unspecified atom stereocenters. The third kappa shape index (κ3) is 5.77. The van der Waals surface area contributed by atoms with E-state index in [2.05, 4.69) is 15.4 Å². The van der Waals surface area contributed by atoms with E-state index in [-0.39, 0.29) is 24.7 Å². The van der Waals surface area contributed by atoms with Gasteiger partial charge >= 0.3 is 0 Å². The Bertz CT molecular complexity index is 639. The number of morpholine rings is 1. The van der Waals surface area contributed by atoms with Crippen molar-refractivity contribution in [1.29, 1.82) is 0 Å². The van der Waals surface area contributed by atoms with Gasteiger partial charge in [0.1, 0.15) is 5.76 Å². The number of rotatable bonds is 8. The Morgan fingerprint density at radius 3 is 2.71 bits per heavy atom. The van der Waals surface area contributed by atoms with Crippen molar-refractivity contribution in [1.82, 2.24) is 15.4 Å². The number of carbonyl (C=O) groups excluding carboxylic acids is 1. The van der Waals surface area contributed by atoms with Gasteiger partial charge in [-0.2, -0.15) is 0 Å². The fourth-order valence-electron chi connectivity index (χ4n) is 2.39. The highest BCUT2D eigenvalue weighted by Gasteiger charge is 2.21. The first-order valence-corrected chi connectivity index (χ1v) is 9.69. The molecule has 0 spiro atoms. The van der Waals surface area contributed by atoms with Crippen LogP contribution in [0.4, 0.5) is 5.82 Å². The maximum atomic E-state index is 11.9. The number of anilines is 1. The average Bonchev–Trinajstić information content (AvgIpc) is 2.93. The molecule has 0 bridgehead atoms. The second-order valence-corrected chi connectivity index (χ2v) is 7.59. The van der Waals surface area contributed by atoms with Crippen molar-refractivity contribution < 1.29 is 22.5 Å². The van der Waals surface area contributed by atoms with Crippen LogP contribution in [0.1, 0.15) is 12.2 Å². The van der Waals surface area contributed by atoms with Crippen LogP contribution in [-0.4, -0.2) is 76.6 Å². The molecule has 10 heteroatoms. The summed E-state index contributed by atoms with van der Waals surface area (Å²) in [6.07, 6.45) is 1.13. The number of hydrogen-bond acceptors (Lipinski definition) is 7. The average molecular weight is 360 g/mol. The molecule has 2 heterocycles. The minimum Gasteiger partial charge on any atom is -0.379 e. The SMILES string of the molecule is Cc1cc(N(CCC(=O)NCCN2CCOCC2)S(C)(=O)=O)no1. The van der Waals surface area contributed by atoms with E-state index in [9.17, 15) is 13.2 Å². The van der Waals surface area contributed by atoms with E-state index in [0.29, 0.717) is 25.5 Å². The number of amides is 1. The quantitative estimate of drug-likeness (QED) is 0.672. The fourth-order valence-corrected chi connectivity index (χ4v) is 3.24. The number of ether oxygens (including phenoxy) is 1. The molecule has 136 valence electrons. The van der Waals surface area contributed by atoms with Gasteiger partial charge in [-0.1, -0.05) is 5.16 Å². The minimum absolute atomic E-state index is 0.0220. The second kappa shape index (κ2) is 8.45. The van der Waals surface area contributed by atoms with Crippen molar-refractivity contribution in [3.8, 4) is 0 Å². The summed E-state index contributed by atoms with van der Waals surface area (Å²) >= 11 is 0. The predicted octanol–water partition coefficient (Wildman–Crippen LogP) is -0.412. The highest BCUT2D eigenvalue weighted by Crippen LogP contribution is 2.17. The Kier molecular flexibility index (Phi) is 6.58. The molecule has 1 aromatic heterocycles. The maximum Gasteiger partial charge on any atom is 0.233 e. The van der Waals surface area contributed by atoms with E-state index in [1.165, 1.54) is 6.07 Å². The molecule has 2 rings (SSSR count). The van der Waals surface area contributed by atoms with Crippen LogP contribution in [0.5, 0.6) is 0 Å². The lowest BCUT2D eigenvalue weighted by Crippen LogP contribution is -2.42. The highest BCUT2D eigenvalue weighted by molar-refractivity contribution is 7.92. The van der Waals surface area contributed by atoms with Gasteiger partial charge in [-0.15, -0.1) is 0 Å². The molecule has 1 N–H and O–H groups in total. The summed E-state index contributed by atoms with van der Waals surface area (Å²) in [5.41, 5.74) is 0. The van der Waals surface area contributed by atoms with Crippen molar-refractivity contribution in [2.45, 2.75) is 13.3 Å². The summed E-state index contributed by atoms with van der Waals surface area (Å²) in [6, 6.07) is 1.53. The maximum absolute atomic E-state index is 11.9. The molecule has 1 saturated heterocycles. The van der Waals surface area contributed by atoms with Crippen LogP contribution in [0.15, 0.2) is 10.6 Å². The Morgan fingerprint density at radius 1 is 1.42 bits per heavy atom. The van der Waals surface area contributed by atoms with Gasteiger partial charge in [0.15, 0.2) is 5.82 Å². The van der Waals surface area contributed by atoms with E-state index in [0.717, 1.165) is 30.2 Å². The van der Waals surface area contributed by atoms with Crippen LogP contribution in [0, 0.1) is 6.92 Å². The standard InChI is InChI=1S/C14H24N4O5S/c1-12-11-13(16-23-12)18(24(2,20)21)5-3-14(19)15-4-6-17-7-9-22-10-8-17/h11H,3-10H2,1-2H3,(H,15,19). The molecule has 1 fully saturated rings. The molecule has 0 radical (unpaired) electrons. The second-order valence-electron chi connectivity index (χ2n) is 5.68. The summed E-state index contributed by atoms with van der Waals surface area (Å²) in [6.45, 7) is 6.15. The molecule has 0 aromatic carbocycles. The normalized spacial score (nSPS) is 16.1. The lowest BCUT2D eigenvalue weighted by molar-refractivity contribution is -0.120. The van der Waals surface area contributed by atoms with E-state index in [1.807, 2.05) is 0 Å². The molecule has 1 aromatic rings. The zero-order chi connectivity index (χ0) is 17.6. The molecular formula is C14H24N4O5S. The number of nitrogens with zero attached hydrogens (tertiary/aromatic N) is 3. The van der Waals surface area contributed by atoms with Crippen LogP contribution < -0.4 is 9.62 Å². The Morgan fingerprint density at radius 2 is 2.12 bits per heavy atom. The molecule has 1 aliphatic rings. The molecule has 24 heavy (non-hydrogen) atoms. The van der Waals surface area contributed by atoms with Crippen LogP contribution in [-0.2, 0) is 19.6 Å². The van der Waals surface area contributed by atoms with Crippen molar-refractivity contribution in [2.24, 2.45) is 0 Å². The van der Waals surface area contributed by atoms with E-state index in [1.54, 1.807) is 6.92 Å². The number of aromatic nitrogens is 1. The van der Waals surface area contributed by atoms with Gasteiger partial charge in [-0.3, -0.25) is 14.0 Å². The zero-order valence-corrected chi connectivity index (χ0v) is 14.8. The number of aryl methyl sites for hydroxylation is 1. The first-order chi connectivity index (χ1) is 11.4. The molecule has 0 saturated carbocycles. The van der Waals surface area contributed by atoms with E-state index < -0.39 is 10.0 Å². The molecule has 0 aliphatic carbocycles. The van der Waals surface area contributed by atoms with Crippen molar-refractivity contribution in [3.05, 3.63) is 11.8 Å². The van der Waals surface area contributed by atoms with Gasteiger partial charge in [0.05, 0.1) is 19.5 Å². The summed E-state index contributed by atoms with van der Waals surface area (Å²) in [5.74, 6) is 0.502. The summed E-state index contributed by atoms with van der Waals surface area (Å²) in [7, 11) is -3.53.